The fourth-order valence-electron chi connectivity index (χ4n) is 4.42. The van der Waals surface area contributed by atoms with Crippen LogP contribution in [0.1, 0.15) is 69.8 Å². The van der Waals surface area contributed by atoms with E-state index in [1.807, 2.05) is 24.3 Å². The van der Waals surface area contributed by atoms with Crippen molar-refractivity contribution in [1.82, 2.24) is 10.1 Å². The summed E-state index contributed by atoms with van der Waals surface area (Å²) in [4.78, 5) is 4.55. The standard InChI is InChI=1S/C25H29ClN2O/c1-2-3-4-5-18-6-8-19(9-7-18)20-10-12-22(13-11-20)25-27-24(28-29-25)21-14-16-23(26)17-15-21/h10-19H,2-9H2,1H3. The molecule has 0 spiro atoms. The van der Waals surface area contributed by atoms with Gasteiger partial charge in [-0.3, -0.25) is 0 Å². The first-order valence-electron chi connectivity index (χ1n) is 10.9. The maximum Gasteiger partial charge on any atom is 0.258 e. The lowest BCUT2D eigenvalue weighted by molar-refractivity contribution is 0.303. The minimum Gasteiger partial charge on any atom is -0.334 e. The monoisotopic (exact) mass is 408 g/mol. The number of unbranched alkanes of at least 4 members (excludes halogenated alkanes) is 2. The second-order valence-corrected chi connectivity index (χ2v) is 8.70. The van der Waals surface area contributed by atoms with Gasteiger partial charge in [-0.2, -0.15) is 4.98 Å². The van der Waals surface area contributed by atoms with Crippen LogP contribution in [-0.2, 0) is 0 Å². The third kappa shape index (κ3) is 5.08. The normalized spacial score (nSPS) is 19.4. The molecule has 1 aliphatic rings. The number of aromatic nitrogens is 2. The number of nitrogens with zero attached hydrogens (tertiary/aromatic N) is 2. The van der Waals surface area contributed by atoms with Crippen molar-refractivity contribution in [1.29, 1.82) is 0 Å². The average molecular weight is 409 g/mol. The molecule has 1 aromatic heterocycles. The van der Waals surface area contributed by atoms with Crippen LogP contribution in [0.4, 0.5) is 0 Å². The van der Waals surface area contributed by atoms with Crippen LogP contribution in [0.25, 0.3) is 22.8 Å². The summed E-state index contributed by atoms with van der Waals surface area (Å²) in [6.45, 7) is 2.29. The number of hydrogen-bond acceptors (Lipinski definition) is 3. The van der Waals surface area contributed by atoms with E-state index in [2.05, 4.69) is 41.3 Å². The molecule has 1 saturated carbocycles. The van der Waals surface area contributed by atoms with Crippen molar-refractivity contribution in [2.75, 3.05) is 0 Å². The summed E-state index contributed by atoms with van der Waals surface area (Å²) in [5.74, 6) is 2.78. The smallest absolute Gasteiger partial charge is 0.258 e. The highest BCUT2D eigenvalue weighted by Gasteiger charge is 2.22. The zero-order chi connectivity index (χ0) is 20.1. The van der Waals surface area contributed by atoms with Crippen molar-refractivity contribution >= 4 is 11.6 Å². The molecule has 0 atom stereocenters. The highest BCUT2D eigenvalue weighted by molar-refractivity contribution is 6.30. The molecule has 0 radical (unpaired) electrons. The lowest BCUT2D eigenvalue weighted by Gasteiger charge is -2.29. The van der Waals surface area contributed by atoms with Crippen LogP contribution in [0.5, 0.6) is 0 Å². The maximum absolute atomic E-state index is 5.95. The van der Waals surface area contributed by atoms with Crippen LogP contribution in [0, 0.1) is 5.92 Å². The van der Waals surface area contributed by atoms with Gasteiger partial charge in [-0.05, 0) is 79.5 Å². The Morgan fingerprint density at radius 3 is 2.28 bits per heavy atom. The SMILES string of the molecule is CCCCCC1CCC(c2ccc(-c3nc(-c4ccc(Cl)cc4)no3)cc2)CC1. The second-order valence-electron chi connectivity index (χ2n) is 8.27. The zero-order valence-electron chi connectivity index (χ0n) is 17.1. The lowest BCUT2D eigenvalue weighted by atomic mass is 9.77. The first-order valence-corrected chi connectivity index (χ1v) is 11.3. The molecule has 0 unspecified atom stereocenters. The van der Waals surface area contributed by atoms with Gasteiger partial charge in [-0.25, -0.2) is 0 Å². The van der Waals surface area contributed by atoms with Gasteiger partial charge in [0.15, 0.2) is 0 Å². The van der Waals surface area contributed by atoms with Crippen LogP contribution in [0.3, 0.4) is 0 Å². The minimum atomic E-state index is 0.557. The Hall–Kier alpha value is -2.13. The van der Waals surface area contributed by atoms with Crippen LogP contribution >= 0.6 is 11.6 Å². The second kappa shape index (κ2) is 9.58. The zero-order valence-corrected chi connectivity index (χ0v) is 17.9. The van der Waals surface area contributed by atoms with E-state index in [1.165, 1.54) is 56.9 Å². The topological polar surface area (TPSA) is 38.9 Å². The van der Waals surface area contributed by atoms with Gasteiger partial charge in [-0.1, -0.05) is 61.5 Å². The van der Waals surface area contributed by atoms with Gasteiger partial charge < -0.3 is 4.52 Å². The van der Waals surface area contributed by atoms with Crippen molar-refractivity contribution in [3.63, 3.8) is 0 Å². The summed E-state index contributed by atoms with van der Waals surface area (Å²) in [6.07, 6.45) is 10.9. The summed E-state index contributed by atoms with van der Waals surface area (Å²) in [6, 6.07) is 16.2. The Bertz CT molecular complexity index is 893. The molecule has 3 nitrogen and oxygen atoms in total. The van der Waals surface area contributed by atoms with Crippen molar-refractivity contribution in [3.8, 4) is 22.8 Å². The van der Waals surface area contributed by atoms with Crippen molar-refractivity contribution in [3.05, 3.63) is 59.1 Å². The Morgan fingerprint density at radius 2 is 1.59 bits per heavy atom. The third-order valence-electron chi connectivity index (χ3n) is 6.22. The van der Waals surface area contributed by atoms with Crippen molar-refractivity contribution in [2.45, 2.75) is 64.2 Å². The first-order chi connectivity index (χ1) is 14.2. The van der Waals surface area contributed by atoms with Gasteiger partial charge >= 0.3 is 0 Å². The van der Waals surface area contributed by atoms with Crippen LogP contribution in [0.15, 0.2) is 53.1 Å². The highest BCUT2D eigenvalue weighted by atomic mass is 35.5. The molecule has 29 heavy (non-hydrogen) atoms. The molecule has 0 aliphatic heterocycles. The summed E-state index contributed by atoms with van der Waals surface area (Å²) >= 11 is 5.95. The van der Waals surface area contributed by atoms with Gasteiger partial charge in [0.2, 0.25) is 5.82 Å². The first kappa shape index (κ1) is 20.2. The van der Waals surface area contributed by atoms with E-state index in [0.717, 1.165) is 17.0 Å². The summed E-state index contributed by atoms with van der Waals surface area (Å²) in [5.41, 5.74) is 3.31. The van der Waals surface area contributed by atoms with E-state index < -0.39 is 0 Å². The molecule has 0 bridgehead atoms. The molecule has 1 aliphatic carbocycles. The van der Waals surface area contributed by atoms with Crippen LogP contribution < -0.4 is 0 Å². The lowest BCUT2D eigenvalue weighted by Crippen LogP contribution is -2.13. The molecule has 2 aromatic carbocycles. The molecule has 1 heterocycles. The van der Waals surface area contributed by atoms with Crippen molar-refractivity contribution in [2.24, 2.45) is 5.92 Å². The summed E-state index contributed by atoms with van der Waals surface area (Å²) < 4.78 is 5.49. The number of hydrogen-bond donors (Lipinski definition) is 0. The predicted molar refractivity (Wildman–Crippen MR) is 119 cm³/mol. The molecule has 4 heteroatoms. The quantitative estimate of drug-likeness (QED) is 0.373. The molecular formula is C25H29ClN2O. The van der Waals surface area contributed by atoms with E-state index in [-0.39, 0.29) is 0 Å². The summed E-state index contributed by atoms with van der Waals surface area (Å²) in [5, 5.41) is 4.81. The molecule has 0 saturated heterocycles. The Labute approximate surface area is 178 Å². The van der Waals surface area contributed by atoms with Gasteiger partial charge in [0, 0.05) is 16.1 Å². The van der Waals surface area contributed by atoms with E-state index in [1.54, 1.807) is 0 Å². The Kier molecular flexibility index (Phi) is 6.66. The Morgan fingerprint density at radius 1 is 0.897 bits per heavy atom. The van der Waals surface area contributed by atoms with Gasteiger partial charge in [0.25, 0.3) is 5.89 Å². The van der Waals surface area contributed by atoms with Crippen LogP contribution in [0.2, 0.25) is 5.02 Å². The third-order valence-corrected chi connectivity index (χ3v) is 6.47. The fraction of sp³-hybridized carbons (Fsp3) is 0.440. The Balaban J connectivity index is 1.37. The molecular weight excluding hydrogens is 380 g/mol. The van der Waals surface area contributed by atoms with Crippen LogP contribution in [-0.4, -0.2) is 10.1 Å². The molecule has 0 amide bonds. The predicted octanol–water partition coefficient (Wildman–Crippen LogP) is 7.91. The van der Waals surface area contributed by atoms with Gasteiger partial charge in [0.05, 0.1) is 0 Å². The number of rotatable bonds is 7. The van der Waals surface area contributed by atoms with E-state index in [9.17, 15) is 0 Å². The fourth-order valence-corrected chi connectivity index (χ4v) is 4.55. The highest BCUT2D eigenvalue weighted by Crippen LogP contribution is 2.38. The molecule has 0 N–H and O–H groups in total. The molecule has 1 fully saturated rings. The number of halogens is 1. The molecule has 152 valence electrons. The van der Waals surface area contributed by atoms with E-state index in [0.29, 0.717) is 22.7 Å². The summed E-state index contributed by atoms with van der Waals surface area (Å²) in [7, 11) is 0. The maximum atomic E-state index is 5.95. The van der Waals surface area contributed by atoms with Gasteiger partial charge in [-0.15, -0.1) is 0 Å². The number of benzene rings is 2. The van der Waals surface area contributed by atoms with E-state index in [4.69, 9.17) is 16.1 Å². The molecule has 3 aromatic rings. The average Bonchev–Trinajstić information content (AvgIpc) is 3.25. The van der Waals surface area contributed by atoms with Crippen molar-refractivity contribution < 1.29 is 4.52 Å². The minimum absolute atomic E-state index is 0.557. The van der Waals surface area contributed by atoms with Gasteiger partial charge in [0.1, 0.15) is 0 Å². The largest absolute Gasteiger partial charge is 0.334 e. The molecule has 4 rings (SSSR count). The van der Waals surface area contributed by atoms with E-state index >= 15 is 0 Å².